The summed E-state index contributed by atoms with van der Waals surface area (Å²) in [7, 11) is 1.65. The second kappa shape index (κ2) is 10.4. The molecule has 3 N–H and O–H groups in total. The van der Waals surface area contributed by atoms with Gasteiger partial charge in [0.25, 0.3) is 0 Å². The van der Waals surface area contributed by atoms with Gasteiger partial charge in [-0.05, 0) is 71.5 Å². The molecule has 0 atom stereocenters. The lowest BCUT2D eigenvalue weighted by Gasteiger charge is -2.12. The molecule has 2 heterocycles. The summed E-state index contributed by atoms with van der Waals surface area (Å²) in [5.41, 5.74) is 8.35. The minimum Gasteiger partial charge on any atom is -0.496 e. The molecule has 0 saturated heterocycles. The summed E-state index contributed by atoms with van der Waals surface area (Å²) in [6, 6.07) is 11.8. The Hall–Kier alpha value is -1.83. The van der Waals surface area contributed by atoms with Crippen molar-refractivity contribution in [2.75, 3.05) is 31.8 Å². The van der Waals surface area contributed by atoms with Gasteiger partial charge in [-0.15, -0.1) is 0 Å². The van der Waals surface area contributed by atoms with E-state index < -0.39 is 0 Å². The molecule has 0 aliphatic heterocycles. The number of benzene rings is 1. The highest BCUT2D eigenvalue weighted by molar-refractivity contribution is 9.10. The van der Waals surface area contributed by atoms with Gasteiger partial charge in [-0.1, -0.05) is 0 Å². The van der Waals surface area contributed by atoms with Crippen molar-refractivity contribution in [2.24, 2.45) is 5.73 Å². The number of methoxy groups -OCH3 is 1. The van der Waals surface area contributed by atoms with Crippen LogP contribution >= 0.6 is 28.6 Å². The number of aromatic nitrogens is 2. The summed E-state index contributed by atoms with van der Waals surface area (Å²) in [6.07, 6.45) is 4.38. The van der Waals surface area contributed by atoms with Crippen molar-refractivity contribution in [1.29, 1.82) is 0 Å². The van der Waals surface area contributed by atoms with Crippen LogP contribution in [0.3, 0.4) is 0 Å². The number of hydrogen-bond donors (Lipinski definition) is 3. The molecule has 26 heavy (non-hydrogen) atoms. The van der Waals surface area contributed by atoms with Gasteiger partial charge in [0.1, 0.15) is 11.6 Å². The Morgan fingerprint density at radius 1 is 1.23 bits per heavy atom. The van der Waals surface area contributed by atoms with Crippen molar-refractivity contribution in [3.8, 4) is 17.0 Å². The normalized spacial score (nSPS) is 10.2. The number of hydrogen-bond acceptors (Lipinski definition) is 6. The van der Waals surface area contributed by atoms with Crippen molar-refractivity contribution in [3.63, 3.8) is 0 Å². The van der Waals surface area contributed by atoms with Crippen LogP contribution in [0.4, 0.5) is 5.82 Å². The zero-order valence-electron chi connectivity index (χ0n) is 14.9. The predicted molar refractivity (Wildman–Crippen MR) is 116 cm³/mol. The third kappa shape index (κ3) is 4.87. The average Bonchev–Trinajstić information content (AvgIpc) is 2.69. The second-order valence-electron chi connectivity index (χ2n) is 5.34. The van der Waals surface area contributed by atoms with Gasteiger partial charge in [-0.3, -0.25) is 4.98 Å². The molecule has 0 aliphatic carbocycles. The van der Waals surface area contributed by atoms with Gasteiger partial charge in [0, 0.05) is 23.7 Å². The van der Waals surface area contributed by atoms with Gasteiger partial charge in [-0.2, -0.15) is 12.6 Å². The number of nitrogens with zero attached hydrogens (tertiary/aromatic N) is 2. The Labute approximate surface area is 167 Å². The highest BCUT2D eigenvalue weighted by Crippen LogP contribution is 2.32. The molecule has 2 aromatic heterocycles. The topological polar surface area (TPSA) is 73.1 Å². The highest BCUT2D eigenvalue weighted by Gasteiger charge is 2.10. The number of thiol groups is 1. The molecule has 3 rings (SSSR count). The van der Waals surface area contributed by atoms with E-state index in [9.17, 15) is 0 Å². The fourth-order valence-corrected chi connectivity index (χ4v) is 3.03. The molecule has 3 aromatic rings. The van der Waals surface area contributed by atoms with Crippen LogP contribution in [0.5, 0.6) is 5.75 Å². The van der Waals surface area contributed by atoms with E-state index in [1.807, 2.05) is 36.4 Å². The quantitative estimate of drug-likeness (QED) is 0.396. The molecule has 138 valence electrons. The van der Waals surface area contributed by atoms with Crippen LogP contribution in [0.25, 0.3) is 22.2 Å². The number of nitrogens with two attached hydrogens (primary N) is 1. The maximum absolute atomic E-state index is 5.58. The first-order valence-corrected chi connectivity index (χ1v) is 9.90. The molecule has 0 unspecified atom stereocenters. The summed E-state index contributed by atoms with van der Waals surface area (Å²) in [5, 5.41) is 4.37. The molecule has 0 fully saturated rings. The van der Waals surface area contributed by atoms with Gasteiger partial charge in [0.2, 0.25) is 0 Å². The third-order valence-corrected chi connectivity index (χ3v) is 4.34. The van der Waals surface area contributed by atoms with E-state index in [0.29, 0.717) is 6.54 Å². The summed E-state index contributed by atoms with van der Waals surface area (Å²) in [6.45, 7) is 1.43. The van der Waals surface area contributed by atoms with Crippen molar-refractivity contribution in [1.82, 2.24) is 9.97 Å². The minimum atomic E-state index is 0.647. The van der Waals surface area contributed by atoms with Crippen molar-refractivity contribution < 1.29 is 4.74 Å². The molecule has 7 heteroatoms. The lowest BCUT2D eigenvalue weighted by Crippen LogP contribution is -2.10. The molecule has 1 aromatic carbocycles. The smallest absolute Gasteiger partial charge is 0.136 e. The second-order valence-corrected chi connectivity index (χ2v) is 6.20. The van der Waals surface area contributed by atoms with E-state index in [0.717, 1.165) is 51.2 Å². The van der Waals surface area contributed by atoms with E-state index >= 15 is 0 Å². The lowest BCUT2D eigenvalue weighted by molar-refractivity contribution is 0.412. The van der Waals surface area contributed by atoms with Crippen LogP contribution in [0.2, 0.25) is 0 Å². The molecule has 0 amide bonds. The van der Waals surface area contributed by atoms with Crippen LogP contribution in [0.1, 0.15) is 6.42 Å². The molecular weight excluding hydrogens is 412 g/mol. The van der Waals surface area contributed by atoms with E-state index in [1.165, 1.54) is 0 Å². The summed E-state index contributed by atoms with van der Waals surface area (Å²) >= 11 is 7.05. The van der Waals surface area contributed by atoms with Crippen LogP contribution in [0.15, 0.2) is 47.1 Å². The van der Waals surface area contributed by atoms with E-state index in [-0.39, 0.29) is 0 Å². The Bertz CT molecular complexity index is 860. The fraction of sp³-hybridized carbons (Fsp3) is 0.263. The number of anilines is 1. The third-order valence-electron chi connectivity index (χ3n) is 3.72. The molecule has 0 spiro atoms. The Kier molecular flexibility index (Phi) is 8.15. The van der Waals surface area contributed by atoms with Crippen molar-refractivity contribution >= 4 is 45.3 Å². The number of nitrogens with one attached hydrogen (secondary N) is 1. The van der Waals surface area contributed by atoms with Crippen LogP contribution in [-0.2, 0) is 0 Å². The first-order chi connectivity index (χ1) is 12.7. The van der Waals surface area contributed by atoms with Gasteiger partial charge in [0.15, 0.2) is 0 Å². The van der Waals surface area contributed by atoms with Gasteiger partial charge in [-0.25, -0.2) is 4.98 Å². The zero-order valence-corrected chi connectivity index (χ0v) is 17.3. The van der Waals surface area contributed by atoms with Crippen LogP contribution < -0.4 is 15.8 Å². The number of pyridine rings is 2. The molecule has 0 saturated carbocycles. The molecular formula is C19H23BrN4OS. The first kappa shape index (κ1) is 20.5. The van der Waals surface area contributed by atoms with Gasteiger partial charge >= 0.3 is 0 Å². The molecule has 0 bridgehead atoms. The predicted octanol–water partition coefficient (Wildman–Crippen LogP) is 4.37. The van der Waals surface area contributed by atoms with Gasteiger partial charge < -0.3 is 15.8 Å². The van der Waals surface area contributed by atoms with E-state index in [1.54, 1.807) is 19.6 Å². The summed E-state index contributed by atoms with van der Waals surface area (Å²) < 4.78 is 6.18. The van der Waals surface area contributed by atoms with Crippen LogP contribution in [-0.4, -0.2) is 36.4 Å². The number of halogens is 1. The molecule has 0 radical (unpaired) electrons. The lowest BCUT2D eigenvalue weighted by atomic mass is 10.1. The molecule has 0 aliphatic rings. The first-order valence-electron chi connectivity index (χ1n) is 8.21. The van der Waals surface area contributed by atoms with Crippen LogP contribution in [0, 0.1) is 0 Å². The van der Waals surface area contributed by atoms with Crippen molar-refractivity contribution in [2.45, 2.75) is 6.42 Å². The SMILES string of the molecule is COc1ccc(-c2cc3ncccc3c(NCCCN)n2)cc1Br.CS. The molecule has 5 nitrogen and oxygen atoms in total. The monoisotopic (exact) mass is 434 g/mol. The van der Waals surface area contributed by atoms with E-state index in [4.69, 9.17) is 15.5 Å². The van der Waals surface area contributed by atoms with E-state index in [2.05, 4.69) is 38.9 Å². The maximum atomic E-state index is 5.58. The summed E-state index contributed by atoms with van der Waals surface area (Å²) in [4.78, 5) is 9.26. The largest absolute Gasteiger partial charge is 0.496 e. The Balaban J connectivity index is 0.00000117. The maximum Gasteiger partial charge on any atom is 0.136 e. The fourth-order valence-electron chi connectivity index (χ4n) is 2.49. The Morgan fingerprint density at radius 2 is 2.04 bits per heavy atom. The number of fused-ring (bicyclic) bond motifs is 1. The average molecular weight is 435 g/mol. The highest BCUT2D eigenvalue weighted by atomic mass is 79.9. The standard InChI is InChI=1S/C18H19BrN4O.CH4S/c1-24-17-6-5-12(10-14(17)19)15-11-16-13(4-2-8-21-16)18(23-15)22-9-3-7-20;1-2/h2,4-6,8,10-11H,3,7,9,20H2,1H3,(H,22,23);2H,1H3. The van der Waals surface area contributed by atoms with Crippen molar-refractivity contribution in [3.05, 3.63) is 47.1 Å². The zero-order chi connectivity index (χ0) is 18.9. The summed E-state index contributed by atoms with van der Waals surface area (Å²) in [5.74, 6) is 1.62. The number of ether oxygens (including phenoxy) is 1. The Morgan fingerprint density at radius 3 is 2.73 bits per heavy atom. The minimum absolute atomic E-state index is 0.647. The van der Waals surface area contributed by atoms with Gasteiger partial charge in [0.05, 0.1) is 22.8 Å². The number of rotatable bonds is 6.